The maximum atomic E-state index is 13.2. The number of H-pyrrole nitrogens is 1. The highest BCUT2D eigenvalue weighted by atomic mass is 19.1. The van der Waals surface area contributed by atoms with Gasteiger partial charge in [0.15, 0.2) is 0 Å². The summed E-state index contributed by atoms with van der Waals surface area (Å²) in [6.45, 7) is 0. The van der Waals surface area contributed by atoms with Crippen molar-refractivity contribution in [2.24, 2.45) is 0 Å². The number of aromatic nitrogens is 2. The Kier molecular flexibility index (Phi) is 2.97. The van der Waals surface area contributed by atoms with Gasteiger partial charge in [-0.3, -0.25) is 4.98 Å². The zero-order valence-electron chi connectivity index (χ0n) is 11.8. The second kappa shape index (κ2) is 5.11. The molecule has 0 aliphatic carbocycles. The number of nitrogens with zero attached hydrogens (tertiary/aromatic N) is 1. The van der Waals surface area contributed by atoms with Crippen molar-refractivity contribution in [3.8, 4) is 22.4 Å². The summed E-state index contributed by atoms with van der Waals surface area (Å²) in [6, 6.07) is 20.5. The number of halogens is 1. The molecule has 2 aromatic heterocycles. The summed E-state index contributed by atoms with van der Waals surface area (Å²) in [5, 5.41) is 0. The van der Waals surface area contributed by atoms with Gasteiger partial charge in [-0.2, -0.15) is 0 Å². The molecule has 3 heteroatoms. The third kappa shape index (κ3) is 2.07. The lowest BCUT2D eigenvalue weighted by Crippen LogP contribution is -1.84. The molecule has 0 bridgehead atoms. The summed E-state index contributed by atoms with van der Waals surface area (Å²) < 4.78 is 13.2. The molecule has 0 saturated heterocycles. The molecule has 0 unspecified atom stereocenters. The molecular formula is C19H13FN2. The van der Waals surface area contributed by atoms with Crippen LogP contribution in [-0.4, -0.2) is 9.97 Å². The largest absolute Gasteiger partial charge is 0.353 e. The molecule has 0 fully saturated rings. The van der Waals surface area contributed by atoms with Crippen LogP contribution in [-0.2, 0) is 0 Å². The Balaban J connectivity index is 2.04. The van der Waals surface area contributed by atoms with Crippen LogP contribution in [0, 0.1) is 5.82 Å². The fourth-order valence-corrected chi connectivity index (χ4v) is 2.74. The highest BCUT2D eigenvalue weighted by Gasteiger charge is 2.15. The number of nitrogens with one attached hydrogen (secondary N) is 1. The fourth-order valence-electron chi connectivity index (χ4n) is 2.74. The molecule has 2 nitrogen and oxygen atoms in total. The molecule has 2 heterocycles. The standard InChI is InChI=1S/C19H13FN2/c20-15-10-8-13(9-11-15)17-18(14-5-2-1-3-6-14)22-16-7-4-12-21-19(16)17/h1-12,22H. The lowest BCUT2D eigenvalue weighted by molar-refractivity contribution is 0.628. The van der Waals surface area contributed by atoms with E-state index in [0.29, 0.717) is 0 Å². The Bertz CT molecular complexity index is 925. The van der Waals surface area contributed by atoms with Gasteiger partial charge in [-0.1, -0.05) is 42.5 Å². The topological polar surface area (TPSA) is 28.7 Å². The van der Waals surface area contributed by atoms with E-state index in [0.717, 1.165) is 33.4 Å². The summed E-state index contributed by atoms with van der Waals surface area (Å²) in [7, 11) is 0. The van der Waals surface area contributed by atoms with Gasteiger partial charge in [-0.25, -0.2) is 4.39 Å². The van der Waals surface area contributed by atoms with E-state index in [9.17, 15) is 4.39 Å². The molecular weight excluding hydrogens is 275 g/mol. The third-order valence-corrected chi connectivity index (χ3v) is 3.75. The molecule has 4 rings (SSSR count). The van der Waals surface area contributed by atoms with Crippen molar-refractivity contribution in [1.29, 1.82) is 0 Å². The van der Waals surface area contributed by atoms with Gasteiger partial charge in [0.1, 0.15) is 5.82 Å². The molecule has 0 atom stereocenters. The predicted molar refractivity (Wildman–Crippen MR) is 86.9 cm³/mol. The summed E-state index contributed by atoms with van der Waals surface area (Å²) >= 11 is 0. The Morgan fingerprint density at radius 2 is 1.55 bits per heavy atom. The molecule has 0 radical (unpaired) electrons. The molecule has 22 heavy (non-hydrogen) atoms. The number of hydrogen-bond donors (Lipinski definition) is 1. The van der Waals surface area contributed by atoms with E-state index < -0.39 is 0 Å². The van der Waals surface area contributed by atoms with Crippen molar-refractivity contribution in [2.75, 3.05) is 0 Å². The molecule has 106 valence electrons. The molecule has 0 saturated carbocycles. The zero-order chi connectivity index (χ0) is 14.9. The van der Waals surface area contributed by atoms with E-state index >= 15 is 0 Å². The van der Waals surface area contributed by atoms with Crippen LogP contribution in [0.25, 0.3) is 33.4 Å². The quantitative estimate of drug-likeness (QED) is 0.550. The van der Waals surface area contributed by atoms with Crippen molar-refractivity contribution in [2.45, 2.75) is 0 Å². The van der Waals surface area contributed by atoms with E-state index in [1.54, 1.807) is 18.3 Å². The highest BCUT2D eigenvalue weighted by Crippen LogP contribution is 2.37. The first-order valence-electron chi connectivity index (χ1n) is 7.11. The van der Waals surface area contributed by atoms with Crippen LogP contribution in [0.5, 0.6) is 0 Å². The van der Waals surface area contributed by atoms with Crippen molar-refractivity contribution in [1.82, 2.24) is 9.97 Å². The number of rotatable bonds is 2. The number of hydrogen-bond acceptors (Lipinski definition) is 1. The van der Waals surface area contributed by atoms with Crippen LogP contribution in [0.2, 0.25) is 0 Å². The third-order valence-electron chi connectivity index (χ3n) is 3.75. The van der Waals surface area contributed by atoms with Crippen LogP contribution < -0.4 is 0 Å². The van der Waals surface area contributed by atoms with Crippen LogP contribution >= 0.6 is 0 Å². The summed E-state index contributed by atoms with van der Waals surface area (Å²) in [6.07, 6.45) is 1.78. The second-order valence-electron chi connectivity index (χ2n) is 5.15. The lowest BCUT2D eigenvalue weighted by Gasteiger charge is -2.05. The Hall–Kier alpha value is -2.94. The van der Waals surface area contributed by atoms with E-state index in [1.165, 1.54) is 12.1 Å². The number of pyridine rings is 1. The summed E-state index contributed by atoms with van der Waals surface area (Å²) in [5.74, 6) is -0.238. The molecule has 2 aromatic carbocycles. The Morgan fingerprint density at radius 1 is 0.773 bits per heavy atom. The predicted octanol–water partition coefficient (Wildman–Crippen LogP) is 5.04. The smallest absolute Gasteiger partial charge is 0.123 e. The van der Waals surface area contributed by atoms with Gasteiger partial charge in [0, 0.05) is 11.8 Å². The molecule has 0 aliphatic heterocycles. The van der Waals surface area contributed by atoms with Gasteiger partial charge in [0.25, 0.3) is 0 Å². The van der Waals surface area contributed by atoms with E-state index in [1.807, 2.05) is 30.3 Å². The minimum atomic E-state index is -0.238. The zero-order valence-corrected chi connectivity index (χ0v) is 11.8. The average Bonchev–Trinajstić information content (AvgIpc) is 2.96. The number of fused-ring (bicyclic) bond motifs is 1. The number of benzene rings is 2. The minimum Gasteiger partial charge on any atom is -0.353 e. The van der Waals surface area contributed by atoms with Crippen molar-refractivity contribution in [3.05, 3.63) is 78.7 Å². The van der Waals surface area contributed by atoms with Crippen LogP contribution in [0.15, 0.2) is 72.9 Å². The van der Waals surface area contributed by atoms with Gasteiger partial charge in [-0.05, 0) is 35.4 Å². The van der Waals surface area contributed by atoms with E-state index in [4.69, 9.17) is 0 Å². The normalized spacial score (nSPS) is 11.0. The monoisotopic (exact) mass is 288 g/mol. The highest BCUT2D eigenvalue weighted by molar-refractivity contribution is 6.01. The van der Waals surface area contributed by atoms with Crippen molar-refractivity contribution < 1.29 is 4.39 Å². The van der Waals surface area contributed by atoms with Crippen LogP contribution in [0.3, 0.4) is 0 Å². The molecule has 1 N–H and O–H groups in total. The van der Waals surface area contributed by atoms with Gasteiger partial charge in [0.05, 0.1) is 16.7 Å². The van der Waals surface area contributed by atoms with Crippen molar-refractivity contribution in [3.63, 3.8) is 0 Å². The van der Waals surface area contributed by atoms with Crippen molar-refractivity contribution >= 4 is 11.0 Å². The molecule has 0 aliphatic rings. The van der Waals surface area contributed by atoms with Gasteiger partial charge in [0.2, 0.25) is 0 Å². The van der Waals surface area contributed by atoms with Gasteiger partial charge in [-0.15, -0.1) is 0 Å². The SMILES string of the molecule is Fc1ccc(-c2c(-c3ccccc3)[nH]c3cccnc23)cc1. The van der Waals surface area contributed by atoms with Crippen LogP contribution in [0.1, 0.15) is 0 Å². The fraction of sp³-hybridized carbons (Fsp3) is 0. The first kappa shape index (κ1) is 12.8. The Labute approximate surface area is 127 Å². The first-order chi connectivity index (χ1) is 10.8. The summed E-state index contributed by atoms with van der Waals surface area (Å²) in [5.41, 5.74) is 5.90. The maximum Gasteiger partial charge on any atom is 0.123 e. The maximum absolute atomic E-state index is 13.2. The molecule has 4 aromatic rings. The molecule has 0 amide bonds. The van der Waals surface area contributed by atoms with E-state index in [-0.39, 0.29) is 5.82 Å². The van der Waals surface area contributed by atoms with Gasteiger partial charge >= 0.3 is 0 Å². The lowest BCUT2D eigenvalue weighted by atomic mass is 10.0. The first-order valence-corrected chi connectivity index (χ1v) is 7.11. The minimum absolute atomic E-state index is 0.238. The Morgan fingerprint density at radius 3 is 2.32 bits per heavy atom. The van der Waals surface area contributed by atoms with Crippen LogP contribution in [0.4, 0.5) is 4.39 Å². The molecule has 0 spiro atoms. The summed E-state index contributed by atoms with van der Waals surface area (Å²) in [4.78, 5) is 7.94. The number of aromatic amines is 1. The second-order valence-corrected chi connectivity index (χ2v) is 5.15. The van der Waals surface area contributed by atoms with Gasteiger partial charge < -0.3 is 4.98 Å². The average molecular weight is 288 g/mol. The van der Waals surface area contributed by atoms with E-state index in [2.05, 4.69) is 22.1 Å².